The summed E-state index contributed by atoms with van der Waals surface area (Å²) in [7, 11) is 0. The van der Waals surface area contributed by atoms with Gasteiger partial charge >= 0.3 is 0 Å². The molecule has 1 fully saturated rings. The molecule has 1 N–H and O–H groups in total. The van der Waals surface area contributed by atoms with E-state index in [0.717, 1.165) is 35.9 Å². The molecule has 3 rings (SSSR count). The molecule has 132 valence electrons. The number of nitrogens with one attached hydrogen (secondary N) is 1. The van der Waals surface area contributed by atoms with Gasteiger partial charge in [0, 0.05) is 12.6 Å². The Balaban J connectivity index is 1.75. The molecule has 0 radical (unpaired) electrons. The summed E-state index contributed by atoms with van der Waals surface area (Å²) in [6.45, 7) is 10.7. The van der Waals surface area contributed by atoms with Crippen LogP contribution in [0.5, 0.6) is 0 Å². The zero-order chi connectivity index (χ0) is 17.1. The highest BCUT2D eigenvalue weighted by Gasteiger charge is 2.19. The van der Waals surface area contributed by atoms with Crippen molar-refractivity contribution < 1.29 is 9.47 Å². The number of hydrogen-bond acceptors (Lipinski definition) is 6. The Morgan fingerprint density at radius 1 is 1.38 bits per heavy atom. The fourth-order valence-electron chi connectivity index (χ4n) is 3.00. The lowest BCUT2D eigenvalue weighted by Crippen LogP contribution is -2.26. The van der Waals surface area contributed by atoms with Crippen LogP contribution in [-0.2, 0) is 15.9 Å². The van der Waals surface area contributed by atoms with Gasteiger partial charge in [-0.2, -0.15) is 0 Å². The van der Waals surface area contributed by atoms with E-state index in [2.05, 4.69) is 41.4 Å². The van der Waals surface area contributed by atoms with Crippen molar-refractivity contribution in [2.75, 3.05) is 25.1 Å². The van der Waals surface area contributed by atoms with Gasteiger partial charge in [0.25, 0.3) is 0 Å². The molecule has 1 saturated heterocycles. The smallest absolute Gasteiger partial charge is 0.139 e. The van der Waals surface area contributed by atoms with Crippen LogP contribution in [-0.4, -0.2) is 41.9 Å². The number of ether oxygens (including phenoxy) is 2. The molecule has 0 spiro atoms. The van der Waals surface area contributed by atoms with Gasteiger partial charge < -0.3 is 14.8 Å². The third kappa shape index (κ3) is 4.23. The van der Waals surface area contributed by atoms with E-state index in [0.29, 0.717) is 19.1 Å². The number of aryl methyl sites for hydroxylation is 1. The molecule has 0 saturated carbocycles. The summed E-state index contributed by atoms with van der Waals surface area (Å²) in [4.78, 5) is 10.3. The van der Waals surface area contributed by atoms with E-state index in [4.69, 9.17) is 9.47 Å². The molecule has 3 heterocycles. The maximum Gasteiger partial charge on any atom is 0.139 e. The number of aromatic nitrogens is 2. The van der Waals surface area contributed by atoms with Crippen LogP contribution in [0.15, 0.2) is 5.38 Å². The standard InChI is InChI=1S/C18H27N3O2S/c1-11(2)7-14-10-24-18-16(14)17(20-13(4)21-18)19-12(3)8-23-15-5-6-22-9-15/h10-12,15H,5-9H2,1-4H3,(H,19,20,21). The van der Waals surface area contributed by atoms with E-state index in [-0.39, 0.29) is 12.1 Å². The first-order valence-corrected chi connectivity index (χ1v) is 9.61. The van der Waals surface area contributed by atoms with Gasteiger partial charge in [0.05, 0.1) is 24.7 Å². The molecule has 2 unspecified atom stereocenters. The van der Waals surface area contributed by atoms with Gasteiger partial charge in [0.1, 0.15) is 16.5 Å². The average Bonchev–Trinajstić information content (AvgIpc) is 3.14. The lowest BCUT2D eigenvalue weighted by Gasteiger charge is -2.18. The lowest BCUT2D eigenvalue weighted by atomic mass is 10.0. The van der Waals surface area contributed by atoms with Crippen molar-refractivity contribution in [3.05, 3.63) is 16.8 Å². The van der Waals surface area contributed by atoms with Crippen LogP contribution in [0, 0.1) is 12.8 Å². The first kappa shape index (κ1) is 17.6. The largest absolute Gasteiger partial charge is 0.379 e. The zero-order valence-electron chi connectivity index (χ0n) is 15.0. The van der Waals surface area contributed by atoms with Crippen LogP contribution in [0.3, 0.4) is 0 Å². The van der Waals surface area contributed by atoms with Crippen molar-refractivity contribution in [2.45, 2.75) is 52.7 Å². The molecule has 1 aliphatic rings. The van der Waals surface area contributed by atoms with E-state index >= 15 is 0 Å². The Morgan fingerprint density at radius 3 is 2.92 bits per heavy atom. The molecule has 2 aromatic rings. The molecule has 0 aromatic carbocycles. The average molecular weight is 350 g/mol. The maximum atomic E-state index is 5.93. The molecule has 1 aliphatic heterocycles. The summed E-state index contributed by atoms with van der Waals surface area (Å²) < 4.78 is 11.3. The van der Waals surface area contributed by atoms with E-state index in [1.165, 1.54) is 10.9 Å². The third-order valence-electron chi connectivity index (χ3n) is 4.10. The number of rotatable bonds is 7. The molecular formula is C18H27N3O2S. The number of anilines is 1. The van der Waals surface area contributed by atoms with E-state index in [1.807, 2.05) is 6.92 Å². The molecule has 2 aromatic heterocycles. The van der Waals surface area contributed by atoms with Gasteiger partial charge in [-0.15, -0.1) is 11.3 Å². The SMILES string of the molecule is Cc1nc(NC(C)COC2CCOC2)c2c(CC(C)C)csc2n1. The molecule has 0 amide bonds. The highest BCUT2D eigenvalue weighted by Crippen LogP contribution is 2.32. The number of thiophene rings is 1. The molecule has 2 atom stereocenters. The van der Waals surface area contributed by atoms with Crippen molar-refractivity contribution >= 4 is 27.4 Å². The van der Waals surface area contributed by atoms with Gasteiger partial charge in [0.15, 0.2) is 0 Å². The van der Waals surface area contributed by atoms with Gasteiger partial charge in [-0.25, -0.2) is 9.97 Å². The summed E-state index contributed by atoms with van der Waals surface area (Å²) in [5, 5.41) is 6.94. The Kier molecular flexibility index (Phi) is 5.69. The van der Waals surface area contributed by atoms with E-state index in [9.17, 15) is 0 Å². The minimum Gasteiger partial charge on any atom is -0.379 e. The second-order valence-electron chi connectivity index (χ2n) is 7.02. The van der Waals surface area contributed by atoms with Crippen molar-refractivity contribution in [3.63, 3.8) is 0 Å². The summed E-state index contributed by atoms with van der Waals surface area (Å²) in [6, 6.07) is 0.190. The summed E-state index contributed by atoms with van der Waals surface area (Å²) in [5.74, 6) is 2.36. The maximum absolute atomic E-state index is 5.93. The summed E-state index contributed by atoms with van der Waals surface area (Å²) in [5.41, 5.74) is 1.34. The van der Waals surface area contributed by atoms with Gasteiger partial charge in [-0.05, 0) is 43.6 Å². The fourth-order valence-corrected chi connectivity index (χ4v) is 4.00. The minimum absolute atomic E-state index is 0.190. The van der Waals surface area contributed by atoms with Crippen LogP contribution in [0.2, 0.25) is 0 Å². The highest BCUT2D eigenvalue weighted by atomic mass is 32.1. The summed E-state index contributed by atoms with van der Waals surface area (Å²) in [6.07, 6.45) is 2.27. The van der Waals surface area contributed by atoms with Crippen LogP contribution in [0.4, 0.5) is 5.82 Å². The van der Waals surface area contributed by atoms with Crippen molar-refractivity contribution in [3.8, 4) is 0 Å². The molecule has 6 heteroatoms. The third-order valence-corrected chi connectivity index (χ3v) is 5.02. The Hall–Kier alpha value is -1.24. The fraction of sp³-hybridized carbons (Fsp3) is 0.667. The first-order valence-electron chi connectivity index (χ1n) is 8.73. The highest BCUT2D eigenvalue weighted by molar-refractivity contribution is 7.17. The first-order chi connectivity index (χ1) is 11.5. The van der Waals surface area contributed by atoms with E-state index < -0.39 is 0 Å². The normalized spacial score (nSPS) is 19.3. The quantitative estimate of drug-likeness (QED) is 0.824. The molecular weight excluding hydrogens is 322 g/mol. The molecule has 5 nitrogen and oxygen atoms in total. The number of nitrogens with zero attached hydrogens (tertiary/aromatic N) is 2. The lowest BCUT2D eigenvalue weighted by molar-refractivity contribution is 0.0395. The topological polar surface area (TPSA) is 56.3 Å². The van der Waals surface area contributed by atoms with Gasteiger partial charge in [-0.1, -0.05) is 13.8 Å². The van der Waals surface area contributed by atoms with Crippen molar-refractivity contribution in [2.24, 2.45) is 5.92 Å². The number of fused-ring (bicyclic) bond motifs is 1. The van der Waals surface area contributed by atoms with E-state index in [1.54, 1.807) is 11.3 Å². The second-order valence-corrected chi connectivity index (χ2v) is 7.88. The minimum atomic E-state index is 0.190. The predicted octanol–water partition coefficient (Wildman–Crippen LogP) is 3.80. The van der Waals surface area contributed by atoms with Crippen molar-refractivity contribution in [1.29, 1.82) is 0 Å². The van der Waals surface area contributed by atoms with Crippen LogP contribution >= 0.6 is 11.3 Å². The van der Waals surface area contributed by atoms with Crippen LogP contribution < -0.4 is 5.32 Å². The van der Waals surface area contributed by atoms with Gasteiger partial charge in [0.2, 0.25) is 0 Å². The summed E-state index contributed by atoms with van der Waals surface area (Å²) >= 11 is 1.71. The Labute approximate surface area is 147 Å². The van der Waals surface area contributed by atoms with Gasteiger partial charge in [-0.3, -0.25) is 0 Å². The molecule has 0 bridgehead atoms. The Bertz CT molecular complexity index is 680. The second kappa shape index (κ2) is 7.76. The van der Waals surface area contributed by atoms with Crippen molar-refractivity contribution in [1.82, 2.24) is 9.97 Å². The predicted molar refractivity (Wildman–Crippen MR) is 99.0 cm³/mol. The Morgan fingerprint density at radius 2 is 2.21 bits per heavy atom. The van der Waals surface area contributed by atoms with Crippen LogP contribution in [0.25, 0.3) is 10.2 Å². The number of hydrogen-bond donors (Lipinski definition) is 1. The molecule has 0 aliphatic carbocycles. The van der Waals surface area contributed by atoms with Crippen LogP contribution in [0.1, 0.15) is 38.6 Å². The monoisotopic (exact) mass is 349 g/mol. The molecule has 24 heavy (non-hydrogen) atoms. The zero-order valence-corrected chi connectivity index (χ0v) is 15.8.